The van der Waals surface area contributed by atoms with E-state index in [1.54, 1.807) is 54.5 Å². The lowest BCUT2D eigenvalue weighted by atomic mass is 10.0. The molecule has 0 bridgehead atoms. The van der Waals surface area contributed by atoms with Crippen LogP contribution in [0.25, 0.3) is 44.1 Å². The molecule has 8 fully saturated rings. The highest BCUT2D eigenvalue weighted by molar-refractivity contribution is 6.08. The van der Waals surface area contributed by atoms with Crippen LogP contribution in [0.1, 0.15) is 186 Å². The van der Waals surface area contributed by atoms with Gasteiger partial charge < -0.3 is 82.0 Å². The second kappa shape index (κ2) is 48.0. The van der Waals surface area contributed by atoms with E-state index in [2.05, 4.69) is 46.9 Å². The molecule has 8 aliphatic heterocycles. The molecule has 46 heteroatoms. The summed E-state index contributed by atoms with van der Waals surface area (Å²) in [6, 6.07) is 42.5. The van der Waals surface area contributed by atoms with Gasteiger partial charge >= 0.3 is 12.3 Å². The van der Waals surface area contributed by atoms with Crippen molar-refractivity contribution in [2.75, 3.05) is 172 Å². The molecule has 35 nitrogen and oxygen atoms in total. The zero-order chi connectivity index (χ0) is 104. The molecule has 0 aliphatic carbocycles. The number of anilines is 8. The minimum absolute atomic E-state index is 0. The molecular weight excluding hydrogens is 2000 g/mol. The number of hydrogen-bond donors (Lipinski definition) is 6. The molecule has 12 heterocycles. The van der Waals surface area contributed by atoms with Crippen LogP contribution in [-0.2, 0) is 53.8 Å². The Bertz CT molecular complexity index is 6930. The van der Waals surface area contributed by atoms with Crippen LogP contribution in [0.2, 0.25) is 0 Å². The molecule has 0 radical (unpaired) electrons. The van der Waals surface area contributed by atoms with Crippen LogP contribution >= 0.6 is 24.8 Å². The van der Waals surface area contributed by atoms with Gasteiger partial charge in [0.25, 0.3) is 66.5 Å². The number of nitrogens with one attached hydrogen (secondary N) is 6. The molecule has 20 rings (SSSR count). The van der Waals surface area contributed by atoms with E-state index in [0.717, 1.165) is 97.8 Å². The number of carbonyl (C=O) groups excluding carboxylic acids is 10. The number of nitrogens with zero attached hydrogens (tertiary/aromatic N) is 14. The van der Waals surface area contributed by atoms with Crippen molar-refractivity contribution in [2.45, 2.75) is 134 Å². The Morgan fingerprint density at radius 3 is 0.893 bits per heavy atom. The molecular formula is C103H111Cl2F9N20O15. The van der Waals surface area contributed by atoms with Gasteiger partial charge in [-0.2, -0.15) is 13.2 Å². The van der Waals surface area contributed by atoms with Gasteiger partial charge in [-0.05, 0) is 226 Å². The summed E-state index contributed by atoms with van der Waals surface area (Å²) in [6.07, 6.45) is -7.15. The van der Waals surface area contributed by atoms with Gasteiger partial charge in [0.15, 0.2) is 0 Å². The van der Waals surface area contributed by atoms with Crippen molar-refractivity contribution >= 4 is 175 Å². The average molecular weight is 2110 g/mol. The number of morpholine rings is 4. The maximum atomic E-state index is 13.3. The quantitative estimate of drug-likeness (QED) is 0.0409. The van der Waals surface area contributed by atoms with Crippen molar-refractivity contribution in [3.8, 4) is 0 Å². The third-order valence-corrected chi connectivity index (χ3v) is 26.5. The number of likely N-dealkylation sites (tertiary alicyclic amines) is 2. The van der Waals surface area contributed by atoms with Crippen LogP contribution < -0.4 is 51.5 Å². The number of aromatic nitrogens is 8. The predicted molar refractivity (Wildman–Crippen MR) is 542 cm³/mol. The lowest BCUT2D eigenvalue weighted by molar-refractivity contribution is -0.137. The number of alkyl halides is 9. The molecule has 0 saturated carbocycles. The second-order valence-electron chi connectivity index (χ2n) is 37.4. The van der Waals surface area contributed by atoms with Crippen molar-refractivity contribution in [3.63, 3.8) is 0 Å². The smallest absolute Gasteiger partial charge is 0.416 e. The first-order chi connectivity index (χ1) is 70.6. The van der Waals surface area contributed by atoms with E-state index >= 15 is 0 Å². The van der Waals surface area contributed by atoms with Crippen molar-refractivity contribution in [2.24, 2.45) is 0 Å². The minimum atomic E-state index is -4.55. The number of rotatable bonds is 19. The number of benzene rings is 8. The summed E-state index contributed by atoms with van der Waals surface area (Å²) in [4.78, 5) is 155. The fourth-order valence-electron chi connectivity index (χ4n) is 19.2. The van der Waals surface area contributed by atoms with Crippen LogP contribution in [0.4, 0.5) is 90.9 Å². The maximum absolute atomic E-state index is 13.3. The van der Waals surface area contributed by atoms with E-state index in [4.69, 9.17) is 28.7 Å². The van der Waals surface area contributed by atoms with Gasteiger partial charge in [-0.15, -0.1) is 24.8 Å². The van der Waals surface area contributed by atoms with Crippen molar-refractivity contribution in [1.29, 1.82) is 0 Å². The van der Waals surface area contributed by atoms with E-state index in [1.807, 2.05) is 93.6 Å². The summed E-state index contributed by atoms with van der Waals surface area (Å²) < 4.78 is 153. The van der Waals surface area contributed by atoms with E-state index in [1.165, 1.54) is 78.9 Å². The summed E-state index contributed by atoms with van der Waals surface area (Å²) in [5, 5.41) is 17.8. The van der Waals surface area contributed by atoms with Gasteiger partial charge in [0.1, 0.15) is 32.0 Å². The Balaban J connectivity index is 0.000000148. The standard InChI is InChI=1S/C29H33F2N5O5.C26H27F2N5O4.C24H24F3N5O3.C24H25F2N5O3.2ClH/c1-29(2,3)41-28(39)34-11-9-20(10-12-34)36-23-8-7-21(35-13-14-40-17-24(35)37)16-22(23)32-27(36)33-26(38)19-6-4-5-18(15-19)25(30)31;1-16(34)31-9-7-19(8-10-31)33-22-6-5-20(32-11-12-37-15-23(32)35)14-21(22)29-26(33)30-25(36)18-4-2-3-17(13-18)24(27)28;25-24(26,27)16-3-1-2-15(12-16)22(34)30-23-29-19-13-18(31-10-11-35-14-21(31)33)4-5-20(19)32(23)17-6-8-28-9-7-17;25-22(26)15-2-1-3-16(12-15)23(33)29-24-28-19-13-18(30-10-11-34-14-21(30)32)4-5-20(19)31(24)17-6-8-27-9-7-17;;/h4-8,15-16,20,25H,9-14,17H2,1-3H3,(H,32,33,38);2-6,13-14,19,24H,7-12,15H2,1H3,(H,29,30,36);1-5,12-13,17,28H,6-11,14H2,(H,29,30,34);1-5,12-13,17,22,27H,6-11,14H2,(H,28,29,33);2*1H. The topological polar surface area (TPSA) is 380 Å². The molecule has 8 aromatic carbocycles. The van der Waals surface area contributed by atoms with E-state index < -0.39 is 60.2 Å². The number of hydrogen-bond acceptors (Lipinski definition) is 21. The average Bonchev–Trinajstić information content (AvgIpc) is 1.63. The van der Waals surface area contributed by atoms with Gasteiger partial charge in [0, 0.05) is 145 Å². The molecule has 0 spiro atoms. The highest BCUT2D eigenvalue weighted by Crippen LogP contribution is 2.41. The number of carbonyl (C=O) groups is 10. The van der Waals surface area contributed by atoms with E-state index in [9.17, 15) is 87.5 Å². The molecule has 12 aromatic rings. The van der Waals surface area contributed by atoms with Crippen molar-refractivity contribution in [1.82, 2.24) is 58.6 Å². The monoisotopic (exact) mass is 2110 g/mol. The number of fused-ring (bicyclic) bond motifs is 4. The van der Waals surface area contributed by atoms with Crippen LogP contribution in [0.15, 0.2) is 170 Å². The Kier molecular flexibility index (Phi) is 35.1. The second-order valence-corrected chi connectivity index (χ2v) is 37.4. The third kappa shape index (κ3) is 25.7. The Morgan fingerprint density at radius 2 is 0.631 bits per heavy atom. The molecule has 790 valence electrons. The van der Waals surface area contributed by atoms with Crippen molar-refractivity contribution < 1.29 is 111 Å². The highest BCUT2D eigenvalue weighted by atomic mass is 35.5. The van der Waals surface area contributed by atoms with Gasteiger partial charge in [-0.1, -0.05) is 42.5 Å². The molecule has 10 amide bonds. The zero-order valence-corrected chi connectivity index (χ0v) is 83.2. The number of imidazole rings is 4. The summed E-state index contributed by atoms with van der Waals surface area (Å²) in [5.74, 6) is -1.68. The Hall–Kier alpha value is -14.2. The first-order valence-corrected chi connectivity index (χ1v) is 48.5. The van der Waals surface area contributed by atoms with Crippen LogP contribution in [0.5, 0.6) is 0 Å². The molecule has 8 saturated heterocycles. The van der Waals surface area contributed by atoms with Crippen molar-refractivity contribution in [3.05, 3.63) is 214 Å². The number of amides is 10. The van der Waals surface area contributed by atoms with Gasteiger partial charge in [0.05, 0.1) is 76.1 Å². The Morgan fingerprint density at radius 1 is 0.362 bits per heavy atom. The molecule has 6 N–H and O–H groups in total. The number of piperidine rings is 4. The zero-order valence-electron chi connectivity index (χ0n) is 81.6. The van der Waals surface area contributed by atoms with Gasteiger partial charge in [-0.3, -0.25) is 64.4 Å². The van der Waals surface area contributed by atoms with Crippen LogP contribution in [-0.4, -0.2) is 244 Å². The van der Waals surface area contributed by atoms with Gasteiger partial charge in [0.2, 0.25) is 29.7 Å². The summed E-state index contributed by atoms with van der Waals surface area (Å²) in [5.41, 5.74) is 6.27. The number of halogens is 11. The molecule has 4 aromatic heterocycles. The first-order valence-electron chi connectivity index (χ1n) is 48.5. The summed E-state index contributed by atoms with van der Waals surface area (Å²) in [6.45, 7) is 15.9. The van der Waals surface area contributed by atoms with Gasteiger partial charge in [-0.25, -0.2) is 51.1 Å². The lowest BCUT2D eigenvalue weighted by Gasteiger charge is -2.34. The third-order valence-electron chi connectivity index (χ3n) is 26.5. The van der Waals surface area contributed by atoms with Crippen LogP contribution in [0, 0.1) is 0 Å². The molecule has 0 unspecified atom stereocenters. The first kappa shape index (κ1) is 109. The molecule has 0 atom stereocenters. The fourth-order valence-corrected chi connectivity index (χ4v) is 19.2. The largest absolute Gasteiger partial charge is 0.444 e. The molecule has 149 heavy (non-hydrogen) atoms. The number of ether oxygens (including phenoxy) is 5. The highest BCUT2D eigenvalue weighted by Gasteiger charge is 2.37. The Labute approximate surface area is 861 Å². The summed E-state index contributed by atoms with van der Waals surface area (Å²) in [7, 11) is 0. The van der Waals surface area contributed by atoms with E-state index in [0.29, 0.717) is 150 Å². The lowest BCUT2D eigenvalue weighted by Crippen LogP contribution is -2.42. The minimum Gasteiger partial charge on any atom is -0.444 e. The summed E-state index contributed by atoms with van der Waals surface area (Å²) >= 11 is 0. The van der Waals surface area contributed by atoms with Crippen LogP contribution in [0.3, 0.4) is 0 Å². The predicted octanol–water partition coefficient (Wildman–Crippen LogP) is 16.9. The normalized spacial score (nSPS) is 17.0. The SMILES string of the molecule is CC(=O)N1CCC(n2c(NC(=O)c3cccc(C(F)F)c3)nc3cc(N4CCOCC4=O)ccc32)CC1.CC(C)(C)OC(=O)N1CCC(n2c(NC(=O)c3cccc(C(F)F)c3)nc3cc(N4CCOCC4=O)ccc32)CC1.Cl.Cl.O=C(Nc1nc2cc(N3CCOCC3=O)ccc2n1C1CCNCC1)c1cccc(C(F)(F)F)c1.O=C(Nc1nc2cc(N3CCOCC3=O)ccc2n1C1CCNCC1)c1cccc(C(F)F)c1. The fraction of sp³-hybridized carbons (Fsp3) is 0.398. The molecule has 8 aliphatic rings. The maximum Gasteiger partial charge on any atom is 0.416 e. The van der Waals surface area contributed by atoms with E-state index in [-0.39, 0.29) is 168 Å².